The quantitative estimate of drug-likeness (QED) is 0.826. The van der Waals surface area contributed by atoms with Gasteiger partial charge in [0.25, 0.3) is 0 Å². The Kier molecular flexibility index (Phi) is 5.71. The Morgan fingerprint density at radius 3 is 2.62 bits per heavy atom. The highest BCUT2D eigenvalue weighted by Gasteiger charge is 2.41. The topological polar surface area (TPSA) is 56.6 Å². The molecule has 4 heteroatoms. The fraction of sp³-hybridized carbons (Fsp3) is 0.591. The lowest BCUT2D eigenvalue weighted by molar-refractivity contribution is 0.0903. The number of rotatable bonds is 5. The molecule has 0 radical (unpaired) electrons. The molecule has 1 saturated heterocycles. The van der Waals surface area contributed by atoms with Crippen LogP contribution in [0.4, 0.5) is 0 Å². The maximum atomic E-state index is 11.0. The van der Waals surface area contributed by atoms with Crippen molar-refractivity contribution in [3.63, 3.8) is 0 Å². The molecule has 26 heavy (non-hydrogen) atoms. The summed E-state index contributed by atoms with van der Waals surface area (Å²) < 4.78 is 0. The van der Waals surface area contributed by atoms with Crippen LogP contribution in [0, 0.1) is 0 Å². The Morgan fingerprint density at radius 2 is 2.04 bits per heavy atom. The number of aliphatic hydroxyl groups is 1. The Balaban J connectivity index is 1.94. The lowest BCUT2D eigenvalue weighted by Crippen LogP contribution is -2.45. The lowest BCUT2D eigenvalue weighted by atomic mass is 9.71. The zero-order chi connectivity index (χ0) is 18.7. The summed E-state index contributed by atoms with van der Waals surface area (Å²) in [7, 11) is 0. The van der Waals surface area contributed by atoms with Crippen molar-refractivity contribution in [3.05, 3.63) is 47.9 Å². The van der Waals surface area contributed by atoms with Crippen molar-refractivity contribution in [2.45, 2.75) is 82.9 Å². The van der Waals surface area contributed by atoms with Crippen LogP contribution in [0.3, 0.4) is 0 Å². The fourth-order valence-electron chi connectivity index (χ4n) is 4.63. The van der Waals surface area contributed by atoms with Gasteiger partial charge in [-0.05, 0) is 64.2 Å². The number of piperidine rings is 1. The Hall–Kier alpha value is -1.81. The molecule has 0 bridgehead atoms. The third kappa shape index (κ3) is 3.39. The summed E-state index contributed by atoms with van der Waals surface area (Å²) in [6.07, 6.45) is 13.5. The average Bonchev–Trinajstić information content (AvgIpc) is 2.63. The maximum absolute atomic E-state index is 11.0. The van der Waals surface area contributed by atoms with Crippen molar-refractivity contribution in [2.24, 2.45) is 0 Å². The minimum absolute atomic E-state index is 0.156. The number of likely N-dealkylation sites (tertiary alicyclic amines) is 1. The number of aromatic nitrogens is 1. The van der Waals surface area contributed by atoms with Crippen LogP contribution in [0.25, 0.3) is 0 Å². The fourth-order valence-corrected chi connectivity index (χ4v) is 4.63. The van der Waals surface area contributed by atoms with Crippen LogP contribution < -0.4 is 0 Å². The molecule has 1 aliphatic heterocycles. The lowest BCUT2D eigenvalue weighted by Gasteiger charge is -2.44. The highest BCUT2D eigenvalue weighted by molar-refractivity contribution is 5.43. The van der Waals surface area contributed by atoms with Crippen LogP contribution in [0.1, 0.15) is 65.0 Å². The van der Waals surface area contributed by atoms with Crippen LogP contribution in [0.5, 0.6) is 5.75 Å². The predicted octanol–water partition coefficient (Wildman–Crippen LogP) is 4.29. The summed E-state index contributed by atoms with van der Waals surface area (Å²) in [5.41, 5.74) is 1.15. The van der Waals surface area contributed by atoms with Crippen molar-refractivity contribution >= 4 is 0 Å². The molecule has 1 aromatic rings. The van der Waals surface area contributed by atoms with E-state index in [9.17, 15) is 10.2 Å². The van der Waals surface area contributed by atoms with E-state index < -0.39 is 11.5 Å². The first kappa shape index (κ1) is 19.0. The van der Waals surface area contributed by atoms with Gasteiger partial charge in [0.1, 0.15) is 5.75 Å². The predicted molar refractivity (Wildman–Crippen MR) is 105 cm³/mol. The van der Waals surface area contributed by atoms with Gasteiger partial charge < -0.3 is 15.1 Å². The molecular weight excluding hydrogens is 324 g/mol. The molecule has 0 saturated carbocycles. The van der Waals surface area contributed by atoms with Crippen molar-refractivity contribution in [3.8, 4) is 5.75 Å². The Bertz CT molecular complexity index is 674. The van der Waals surface area contributed by atoms with Gasteiger partial charge in [0, 0.05) is 24.0 Å². The first-order valence-corrected chi connectivity index (χ1v) is 10.00. The SMILES string of the molecule is CCCC(O)C1(c2ncccc2O)C=CC(N2[C@H](C)CCC[C@@H]2C)=CC1. The van der Waals surface area contributed by atoms with Gasteiger partial charge >= 0.3 is 0 Å². The normalized spacial score (nSPS) is 30.2. The van der Waals surface area contributed by atoms with Crippen molar-refractivity contribution in [1.82, 2.24) is 9.88 Å². The largest absolute Gasteiger partial charge is 0.506 e. The molecule has 2 heterocycles. The second-order valence-electron chi connectivity index (χ2n) is 7.92. The minimum atomic E-state index is -0.660. The highest BCUT2D eigenvalue weighted by atomic mass is 16.3. The van der Waals surface area contributed by atoms with E-state index in [1.807, 2.05) is 0 Å². The maximum Gasteiger partial charge on any atom is 0.138 e. The molecule has 0 spiro atoms. The van der Waals surface area contributed by atoms with E-state index in [-0.39, 0.29) is 5.75 Å². The third-order valence-corrected chi connectivity index (χ3v) is 6.08. The van der Waals surface area contributed by atoms with E-state index in [2.05, 4.69) is 48.9 Å². The minimum Gasteiger partial charge on any atom is -0.506 e. The first-order chi connectivity index (χ1) is 12.5. The molecule has 2 aliphatic rings. The van der Waals surface area contributed by atoms with E-state index in [0.717, 1.165) is 6.42 Å². The molecule has 1 aromatic heterocycles. The van der Waals surface area contributed by atoms with E-state index in [4.69, 9.17) is 0 Å². The summed E-state index contributed by atoms with van der Waals surface area (Å²) in [4.78, 5) is 6.95. The summed E-state index contributed by atoms with van der Waals surface area (Å²) in [5, 5.41) is 21.4. The average molecular weight is 357 g/mol. The number of pyridine rings is 1. The molecule has 3 rings (SSSR count). The van der Waals surface area contributed by atoms with Crippen LogP contribution in [-0.4, -0.2) is 38.3 Å². The number of aromatic hydroxyl groups is 1. The molecule has 142 valence electrons. The first-order valence-electron chi connectivity index (χ1n) is 10.00. The van der Waals surface area contributed by atoms with Crippen LogP contribution >= 0.6 is 0 Å². The van der Waals surface area contributed by atoms with E-state index in [0.29, 0.717) is 30.6 Å². The molecule has 2 unspecified atom stereocenters. The van der Waals surface area contributed by atoms with Crippen LogP contribution in [0.15, 0.2) is 42.3 Å². The smallest absolute Gasteiger partial charge is 0.138 e. The zero-order valence-electron chi connectivity index (χ0n) is 16.2. The highest BCUT2D eigenvalue weighted by Crippen LogP contribution is 2.42. The van der Waals surface area contributed by atoms with Gasteiger partial charge in [-0.2, -0.15) is 0 Å². The molecule has 0 amide bonds. The number of allylic oxidation sites excluding steroid dienone is 2. The van der Waals surface area contributed by atoms with Crippen LogP contribution in [0.2, 0.25) is 0 Å². The summed E-state index contributed by atoms with van der Waals surface area (Å²) in [6.45, 7) is 6.66. The van der Waals surface area contributed by atoms with Gasteiger partial charge in [0.15, 0.2) is 0 Å². The monoisotopic (exact) mass is 356 g/mol. The van der Waals surface area contributed by atoms with Gasteiger partial charge in [-0.15, -0.1) is 0 Å². The number of aliphatic hydroxyl groups excluding tert-OH is 1. The second-order valence-corrected chi connectivity index (χ2v) is 7.92. The second kappa shape index (κ2) is 7.83. The summed E-state index contributed by atoms with van der Waals surface area (Å²) in [5.74, 6) is 0.156. The van der Waals surface area contributed by atoms with Gasteiger partial charge in [0.2, 0.25) is 0 Å². The van der Waals surface area contributed by atoms with Crippen molar-refractivity contribution in [2.75, 3.05) is 0 Å². The summed E-state index contributed by atoms with van der Waals surface area (Å²) >= 11 is 0. The van der Waals surface area contributed by atoms with Crippen LogP contribution in [-0.2, 0) is 5.41 Å². The Morgan fingerprint density at radius 1 is 1.31 bits per heavy atom. The van der Waals surface area contributed by atoms with Gasteiger partial charge in [-0.3, -0.25) is 4.98 Å². The number of hydrogen-bond acceptors (Lipinski definition) is 4. The summed E-state index contributed by atoms with van der Waals surface area (Å²) in [6, 6.07) is 4.45. The van der Waals surface area contributed by atoms with E-state index in [1.54, 1.807) is 18.3 Å². The zero-order valence-corrected chi connectivity index (χ0v) is 16.2. The van der Waals surface area contributed by atoms with Gasteiger partial charge in [-0.1, -0.05) is 25.5 Å². The van der Waals surface area contributed by atoms with E-state index >= 15 is 0 Å². The van der Waals surface area contributed by atoms with Crippen molar-refractivity contribution < 1.29 is 10.2 Å². The van der Waals surface area contributed by atoms with Crippen molar-refractivity contribution in [1.29, 1.82) is 0 Å². The molecule has 2 N–H and O–H groups in total. The molecule has 4 atom stereocenters. The van der Waals surface area contributed by atoms with E-state index in [1.165, 1.54) is 25.0 Å². The molecule has 4 nitrogen and oxygen atoms in total. The third-order valence-electron chi connectivity index (χ3n) is 6.08. The standard InChI is InChI=1S/C22H32N2O2/c1-4-7-20(26)22(21-19(25)10-6-15-23-21)13-11-18(12-14-22)24-16(2)8-5-9-17(24)3/h6,10-13,15-17,20,25-26H,4-5,7-9,14H2,1-3H3/t16-,17+,20?,22?. The molecule has 1 fully saturated rings. The molecule has 0 aromatic carbocycles. The van der Waals surface area contributed by atoms with Gasteiger partial charge in [-0.25, -0.2) is 0 Å². The molecule has 1 aliphatic carbocycles. The number of hydrogen-bond donors (Lipinski definition) is 2. The Labute approximate surface area is 157 Å². The number of nitrogens with zero attached hydrogens (tertiary/aromatic N) is 2. The van der Waals surface area contributed by atoms with Gasteiger partial charge in [0.05, 0.1) is 17.2 Å². The molecular formula is C22H32N2O2.